The number of amides is 2. The molecule has 2 N–H and O–H groups in total. The second-order valence-electron chi connectivity index (χ2n) is 6.87. The zero-order valence-corrected chi connectivity index (χ0v) is 17.4. The Morgan fingerprint density at radius 2 is 1.79 bits per heavy atom. The third-order valence-electron chi connectivity index (χ3n) is 4.45. The highest BCUT2D eigenvalue weighted by Gasteiger charge is 2.19. The van der Waals surface area contributed by atoms with E-state index in [2.05, 4.69) is 20.7 Å². The van der Waals surface area contributed by atoms with Crippen LogP contribution in [0.5, 0.6) is 0 Å². The van der Waals surface area contributed by atoms with Crippen molar-refractivity contribution in [2.45, 2.75) is 33.7 Å². The van der Waals surface area contributed by atoms with E-state index in [1.807, 2.05) is 26.8 Å². The number of halogens is 1. The monoisotopic (exact) mass is 411 g/mol. The summed E-state index contributed by atoms with van der Waals surface area (Å²) >= 11 is 6.31. The van der Waals surface area contributed by atoms with Crippen LogP contribution in [-0.4, -0.2) is 26.6 Å². The molecule has 1 atom stereocenters. The Morgan fingerprint density at radius 3 is 2.38 bits per heavy atom. The predicted molar refractivity (Wildman–Crippen MR) is 113 cm³/mol. The first-order valence-corrected chi connectivity index (χ1v) is 9.49. The van der Waals surface area contributed by atoms with Crippen LogP contribution >= 0.6 is 11.6 Å². The Hall–Kier alpha value is -3.19. The molecule has 2 heterocycles. The summed E-state index contributed by atoms with van der Waals surface area (Å²) in [7, 11) is 0. The minimum Gasteiger partial charge on any atom is -0.323 e. The van der Waals surface area contributed by atoms with Gasteiger partial charge >= 0.3 is 0 Å². The van der Waals surface area contributed by atoms with E-state index in [-0.39, 0.29) is 11.8 Å². The highest BCUT2D eigenvalue weighted by molar-refractivity contribution is 6.34. The fourth-order valence-corrected chi connectivity index (χ4v) is 3.11. The van der Waals surface area contributed by atoms with Gasteiger partial charge < -0.3 is 10.6 Å². The average molecular weight is 412 g/mol. The Labute approximate surface area is 174 Å². The van der Waals surface area contributed by atoms with Crippen LogP contribution in [0.15, 0.2) is 42.6 Å². The molecule has 150 valence electrons. The minimum absolute atomic E-state index is 0.236. The van der Waals surface area contributed by atoms with Crippen molar-refractivity contribution in [1.82, 2.24) is 14.8 Å². The Bertz CT molecular complexity index is 1060. The molecule has 0 aliphatic carbocycles. The van der Waals surface area contributed by atoms with Crippen molar-refractivity contribution < 1.29 is 9.59 Å². The average Bonchev–Trinajstić information content (AvgIpc) is 3.01. The van der Waals surface area contributed by atoms with Gasteiger partial charge in [-0.2, -0.15) is 5.10 Å². The molecule has 0 saturated carbocycles. The van der Waals surface area contributed by atoms with Crippen molar-refractivity contribution in [2.24, 2.45) is 0 Å². The molecular formula is C21H22ClN5O2. The van der Waals surface area contributed by atoms with E-state index in [9.17, 15) is 9.59 Å². The number of rotatable bonds is 5. The molecule has 29 heavy (non-hydrogen) atoms. The summed E-state index contributed by atoms with van der Waals surface area (Å²) in [6.07, 6.45) is 1.52. The number of carbonyl (C=O) groups is 2. The summed E-state index contributed by atoms with van der Waals surface area (Å²) in [5.41, 5.74) is 4.01. The standard InChI is InChI=1S/C21H22ClN5O2/c1-12-5-6-16(11-23-12)21(29)24-17-7-8-19(18(22)10-17)25-20(28)15(4)27-14(3)9-13(2)26-27/h5-11,15H,1-4H3,(H,24,29)(H,25,28). The summed E-state index contributed by atoms with van der Waals surface area (Å²) < 4.78 is 1.67. The van der Waals surface area contributed by atoms with Gasteiger partial charge in [0.25, 0.3) is 5.91 Å². The van der Waals surface area contributed by atoms with Gasteiger partial charge in [-0.3, -0.25) is 19.3 Å². The molecule has 0 saturated heterocycles. The van der Waals surface area contributed by atoms with E-state index in [0.717, 1.165) is 17.1 Å². The molecule has 0 bridgehead atoms. The second kappa shape index (κ2) is 8.45. The Morgan fingerprint density at radius 1 is 1.03 bits per heavy atom. The van der Waals surface area contributed by atoms with Gasteiger partial charge in [-0.15, -0.1) is 0 Å². The van der Waals surface area contributed by atoms with Crippen LogP contribution in [0, 0.1) is 20.8 Å². The maximum Gasteiger partial charge on any atom is 0.257 e. The number of anilines is 2. The summed E-state index contributed by atoms with van der Waals surface area (Å²) in [4.78, 5) is 29.0. The lowest BCUT2D eigenvalue weighted by Gasteiger charge is -2.16. The molecule has 0 spiro atoms. The van der Waals surface area contributed by atoms with Crippen molar-refractivity contribution in [3.63, 3.8) is 0 Å². The van der Waals surface area contributed by atoms with Crippen molar-refractivity contribution in [1.29, 1.82) is 0 Å². The third kappa shape index (κ3) is 4.81. The molecule has 0 radical (unpaired) electrons. The molecule has 8 heteroatoms. The van der Waals surface area contributed by atoms with Crippen LogP contribution in [0.25, 0.3) is 0 Å². The van der Waals surface area contributed by atoms with Gasteiger partial charge in [0.15, 0.2) is 0 Å². The summed E-state index contributed by atoms with van der Waals surface area (Å²) in [5, 5.41) is 10.2. The molecular weight excluding hydrogens is 390 g/mol. The zero-order chi connectivity index (χ0) is 21.1. The maximum atomic E-state index is 12.6. The third-order valence-corrected chi connectivity index (χ3v) is 4.76. The number of aryl methyl sites for hydroxylation is 3. The van der Waals surface area contributed by atoms with Crippen LogP contribution in [-0.2, 0) is 4.79 Å². The maximum absolute atomic E-state index is 12.6. The highest BCUT2D eigenvalue weighted by Crippen LogP contribution is 2.27. The van der Waals surface area contributed by atoms with E-state index in [0.29, 0.717) is 22.0 Å². The van der Waals surface area contributed by atoms with Gasteiger partial charge in [0, 0.05) is 23.3 Å². The first kappa shape index (κ1) is 20.5. The molecule has 0 fully saturated rings. The van der Waals surface area contributed by atoms with Crippen molar-refractivity contribution in [2.75, 3.05) is 10.6 Å². The molecule has 2 aromatic heterocycles. The van der Waals surface area contributed by atoms with Crippen LogP contribution < -0.4 is 10.6 Å². The van der Waals surface area contributed by atoms with Crippen LogP contribution in [0.3, 0.4) is 0 Å². The summed E-state index contributed by atoms with van der Waals surface area (Å²) in [5.74, 6) is -0.524. The largest absolute Gasteiger partial charge is 0.323 e. The number of hydrogen-bond donors (Lipinski definition) is 2. The normalized spacial score (nSPS) is 11.8. The van der Waals surface area contributed by atoms with E-state index in [1.54, 1.807) is 41.9 Å². The molecule has 2 amide bonds. The number of nitrogens with one attached hydrogen (secondary N) is 2. The quantitative estimate of drug-likeness (QED) is 0.654. The highest BCUT2D eigenvalue weighted by atomic mass is 35.5. The number of nitrogens with zero attached hydrogens (tertiary/aromatic N) is 3. The van der Waals surface area contributed by atoms with E-state index < -0.39 is 6.04 Å². The molecule has 0 aliphatic heterocycles. The fourth-order valence-electron chi connectivity index (χ4n) is 2.89. The van der Waals surface area contributed by atoms with Crippen molar-refractivity contribution in [3.05, 3.63) is 70.3 Å². The molecule has 1 aromatic carbocycles. The van der Waals surface area contributed by atoms with E-state index in [4.69, 9.17) is 11.6 Å². The molecule has 3 aromatic rings. The van der Waals surface area contributed by atoms with Gasteiger partial charge in [-0.25, -0.2) is 0 Å². The van der Waals surface area contributed by atoms with Gasteiger partial charge in [-0.05, 0) is 64.1 Å². The molecule has 7 nitrogen and oxygen atoms in total. The molecule has 1 unspecified atom stereocenters. The van der Waals surface area contributed by atoms with Gasteiger partial charge in [-0.1, -0.05) is 11.6 Å². The first-order chi connectivity index (χ1) is 13.7. The van der Waals surface area contributed by atoms with Gasteiger partial charge in [0.2, 0.25) is 5.91 Å². The first-order valence-electron chi connectivity index (χ1n) is 9.12. The number of benzene rings is 1. The van der Waals surface area contributed by atoms with Crippen molar-refractivity contribution in [3.8, 4) is 0 Å². The van der Waals surface area contributed by atoms with Crippen LogP contribution in [0.2, 0.25) is 5.02 Å². The molecule has 0 aliphatic rings. The zero-order valence-electron chi connectivity index (χ0n) is 16.7. The Balaban J connectivity index is 1.69. The minimum atomic E-state index is -0.492. The number of hydrogen-bond acceptors (Lipinski definition) is 4. The van der Waals surface area contributed by atoms with Gasteiger partial charge in [0.1, 0.15) is 6.04 Å². The summed E-state index contributed by atoms with van der Waals surface area (Å²) in [6, 6.07) is 9.81. The number of pyridine rings is 1. The van der Waals surface area contributed by atoms with E-state index in [1.165, 1.54) is 6.20 Å². The molecule has 3 rings (SSSR count). The summed E-state index contributed by atoms with van der Waals surface area (Å²) in [6.45, 7) is 7.40. The lowest BCUT2D eigenvalue weighted by Crippen LogP contribution is -2.25. The SMILES string of the molecule is Cc1ccc(C(=O)Nc2ccc(NC(=O)C(C)n3nc(C)cc3C)c(Cl)c2)cn1. The van der Waals surface area contributed by atoms with Crippen LogP contribution in [0.1, 0.15) is 40.4 Å². The van der Waals surface area contributed by atoms with Gasteiger partial charge in [0.05, 0.1) is 22.0 Å². The predicted octanol–water partition coefficient (Wildman–Crippen LogP) is 4.31. The van der Waals surface area contributed by atoms with E-state index >= 15 is 0 Å². The Kier molecular flexibility index (Phi) is 5.98. The number of aromatic nitrogens is 3. The lowest BCUT2D eigenvalue weighted by molar-refractivity contribution is -0.119. The van der Waals surface area contributed by atoms with Crippen LogP contribution in [0.4, 0.5) is 11.4 Å². The smallest absolute Gasteiger partial charge is 0.257 e. The van der Waals surface area contributed by atoms with Crippen molar-refractivity contribution >= 4 is 34.8 Å². The second-order valence-corrected chi connectivity index (χ2v) is 7.28. The fraction of sp³-hybridized carbons (Fsp3) is 0.238. The topological polar surface area (TPSA) is 88.9 Å². The lowest BCUT2D eigenvalue weighted by atomic mass is 10.2. The number of carbonyl (C=O) groups excluding carboxylic acids is 2.